The zero-order chi connectivity index (χ0) is 18.6. The van der Waals surface area contributed by atoms with Crippen LogP contribution >= 0.6 is 11.3 Å². The Labute approximate surface area is 159 Å². The molecule has 1 amide bonds. The summed E-state index contributed by atoms with van der Waals surface area (Å²) >= 11 is -1.12. The molecule has 0 bridgehead atoms. The van der Waals surface area contributed by atoms with Gasteiger partial charge in [0.2, 0.25) is 0 Å². The minimum atomic E-state index is -1.12. The molecule has 3 nitrogen and oxygen atoms in total. The first-order valence-corrected chi connectivity index (χ1v) is 9.83. The van der Waals surface area contributed by atoms with Crippen molar-refractivity contribution in [3.8, 4) is 11.1 Å². The van der Waals surface area contributed by atoms with Crippen LogP contribution in [-0.4, -0.2) is 12.1 Å². The van der Waals surface area contributed by atoms with Gasteiger partial charge in [-0.15, -0.1) is 0 Å². The largest absolute Gasteiger partial charge is 0.296 e. The van der Waals surface area contributed by atoms with Gasteiger partial charge in [0.1, 0.15) is 5.82 Å². The van der Waals surface area contributed by atoms with Crippen LogP contribution < -0.4 is 4.72 Å². The lowest BCUT2D eigenvalue weighted by molar-refractivity contribution is 0.0984. The average molecular weight is 376 g/mol. The number of rotatable bonds is 3. The maximum Gasteiger partial charge on any atom is 0.261 e. The fourth-order valence-electron chi connectivity index (χ4n) is 2.81. The molecule has 3 aromatic rings. The van der Waals surface area contributed by atoms with Crippen molar-refractivity contribution in [2.45, 2.75) is 0 Å². The lowest BCUT2D eigenvalue weighted by atomic mass is 10.0. The Bertz CT molecular complexity index is 1010. The molecule has 27 heavy (non-hydrogen) atoms. The van der Waals surface area contributed by atoms with Crippen molar-refractivity contribution < 1.29 is 9.18 Å². The van der Waals surface area contributed by atoms with E-state index in [0.717, 1.165) is 22.3 Å². The minimum Gasteiger partial charge on any atom is -0.296 e. The number of hydrogen-bond donors (Lipinski definition) is 2. The molecule has 0 saturated carbocycles. The number of fused-ring (bicyclic) bond motifs is 1. The second kappa shape index (κ2) is 7.60. The highest BCUT2D eigenvalue weighted by Crippen LogP contribution is 2.29. The number of amides is 1. The van der Waals surface area contributed by atoms with Gasteiger partial charge in [-0.25, -0.2) is 8.79 Å². The predicted molar refractivity (Wildman–Crippen MR) is 111 cm³/mol. The first-order valence-electron chi connectivity index (χ1n) is 8.46. The molecular weight excluding hydrogens is 359 g/mol. The normalized spacial score (nSPS) is 16.4. The molecule has 1 heterocycles. The summed E-state index contributed by atoms with van der Waals surface area (Å²) in [6, 6.07) is 21.5. The van der Waals surface area contributed by atoms with E-state index in [1.807, 2.05) is 53.9 Å². The van der Waals surface area contributed by atoms with E-state index in [1.54, 1.807) is 24.4 Å². The van der Waals surface area contributed by atoms with Gasteiger partial charge in [0.15, 0.2) is 0 Å². The SMILES string of the molecule is O=C(N[SH]1C=Cc2ccccc2C=N1)c1ccc(-c2cccc(F)c2)cc1. The molecule has 1 atom stereocenters. The van der Waals surface area contributed by atoms with Crippen LogP contribution in [0.25, 0.3) is 17.2 Å². The Morgan fingerprint density at radius 2 is 1.67 bits per heavy atom. The molecule has 0 fully saturated rings. The summed E-state index contributed by atoms with van der Waals surface area (Å²) in [5.74, 6) is -0.462. The number of halogens is 1. The highest BCUT2D eigenvalue weighted by atomic mass is 32.2. The number of carbonyl (C=O) groups excluding carboxylic acids is 1. The molecule has 5 heteroatoms. The summed E-state index contributed by atoms with van der Waals surface area (Å²) < 4.78 is 20.8. The van der Waals surface area contributed by atoms with E-state index in [1.165, 1.54) is 12.1 Å². The van der Waals surface area contributed by atoms with Gasteiger partial charge in [-0.05, 0) is 52.4 Å². The summed E-state index contributed by atoms with van der Waals surface area (Å²) in [4.78, 5) is 12.5. The van der Waals surface area contributed by atoms with E-state index in [-0.39, 0.29) is 11.7 Å². The molecule has 1 aliphatic rings. The molecule has 1 N–H and O–H groups in total. The van der Waals surface area contributed by atoms with E-state index in [4.69, 9.17) is 0 Å². The first kappa shape index (κ1) is 17.2. The number of thiol groups is 1. The summed E-state index contributed by atoms with van der Waals surface area (Å²) in [5.41, 5.74) is 4.30. The number of nitrogens with zero attached hydrogens (tertiary/aromatic N) is 1. The van der Waals surface area contributed by atoms with Crippen molar-refractivity contribution in [2.75, 3.05) is 0 Å². The molecule has 0 radical (unpaired) electrons. The fraction of sp³-hybridized carbons (Fsp3) is 0. The van der Waals surface area contributed by atoms with Crippen LogP contribution in [0.15, 0.2) is 82.6 Å². The van der Waals surface area contributed by atoms with Gasteiger partial charge in [-0.1, -0.05) is 59.8 Å². The van der Waals surface area contributed by atoms with E-state index < -0.39 is 11.3 Å². The lowest BCUT2D eigenvalue weighted by Gasteiger charge is -2.13. The third-order valence-electron chi connectivity index (χ3n) is 4.23. The molecule has 1 unspecified atom stereocenters. The van der Waals surface area contributed by atoms with Crippen molar-refractivity contribution in [3.63, 3.8) is 0 Å². The summed E-state index contributed by atoms with van der Waals surface area (Å²) in [6.07, 6.45) is 3.79. The molecule has 4 rings (SSSR count). The molecule has 1 aliphatic heterocycles. The van der Waals surface area contributed by atoms with Crippen molar-refractivity contribution >= 4 is 29.5 Å². The van der Waals surface area contributed by atoms with Crippen LogP contribution in [0.5, 0.6) is 0 Å². The summed E-state index contributed by atoms with van der Waals surface area (Å²) in [7, 11) is 0. The van der Waals surface area contributed by atoms with Crippen LogP contribution in [0.4, 0.5) is 4.39 Å². The minimum absolute atomic E-state index is 0.181. The Kier molecular flexibility index (Phi) is 4.85. The second-order valence-corrected chi connectivity index (χ2v) is 7.50. The molecule has 0 saturated heterocycles. The van der Waals surface area contributed by atoms with Crippen molar-refractivity contribution in [1.29, 1.82) is 0 Å². The van der Waals surface area contributed by atoms with Gasteiger partial charge in [0.25, 0.3) is 5.91 Å². The lowest BCUT2D eigenvalue weighted by Crippen LogP contribution is -2.18. The van der Waals surface area contributed by atoms with E-state index in [9.17, 15) is 9.18 Å². The smallest absolute Gasteiger partial charge is 0.261 e. The summed E-state index contributed by atoms with van der Waals surface area (Å²) in [5, 5.41) is 1.93. The van der Waals surface area contributed by atoms with Crippen LogP contribution in [0.2, 0.25) is 0 Å². The van der Waals surface area contributed by atoms with Gasteiger partial charge in [0.05, 0.1) is 0 Å². The Morgan fingerprint density at radius 1 is 0.889 bits per heavy atom. The highest BCUT2D eigenvalue weighted by molar-refractivity contribution is 8.17. The van der Waals surface area contributed by atoms with Gasteiger partial charge in [0, 0.05) is 17.3 Å². The Balaban J connectivity index is 1.48. The van der Waals surface area contributed by atoms with Crippen LogP contribution in [0, 0.1) is 5.82 Å². The van der Waals surface area contributed by atoms with Gasteiger partial charge in [-0.3, -0.25) is 9.52 Å². The number of benzene rings is 3. The van der Waals surface area contributed by atoms with Crippen molar-refractivity contribution in [2.24, 2.45) is 4.40 Å². The first-order chi connectivity index (χ1) is 13.2. The van der Waals surface area contributed by atoms with Crippen LogP contribution in [-0.2, 0) is 0 Å². The average Bonchev–Trinajstić information content (AvgIpc) is 2.91. The van der Waals surface area contributed by atoms with Crippen molar-refractivity contribution in [3.05, 3.63) is 101 Å². The molecule has 3 aromatic carbocycles. The van der Waals surface area contributed by atoms with E-state index >= 15 is 0 Å². The van der Waals surface area contributed by atoms with Crippen molar-refractivity contribution in [1.82, 2.24) is 4.72 Å². The predicted octanol–water partition coefficient (Wildman–Crippen LogP) is 5.16. The number of nitrogens with one attached hydrogen (secondary N) is 1. The van der Waals surface area contributed by atoms with Gasteiger partial charge < -0.3 is 0 Å². The maximum absolute atomic E-state index is 13.4. The fourth-order valence-corrected chi connectivity index (χ4v) is 3.91. The van der Waals surface area contributed by atoms with E-state index in [2.05, 4.69) is 9.12 Å². The third kappa shape index (κ3) is 3.99. The molecule has 0 aromatic heterocycles. The van der Waals surface area contributed by atoms with E-state index in [0.29, 0.717) is 5.56 Å². The maximum atomic E-state index is 13.4. The standard InChI is InChI=1S/C22H17FN2OS/c23-21-7-3-6-19(14-21)17-8-10-18(11-9-17)22(26)25-27-13-12-16-4-1-2-5-20(16)15-24-27/h1-15,27H,(H,25,26). The molecule has 0 aliphatic carbocycles. The summed E-state index contributed by atoms with van der Waals surface area (Å²) in [6.45, 7) is 0. The molecule has 134 valence electrons. The number of carbonyl (C=O) groups is 1. The van der Waals surface area contributed by atoms with Gasteiger partial charge >= 0.3 is 0 Å². The topological polar surface area (TPSA) is 41.5 Å². The monoisotopic (exact) mass is 376 g/mol. The van der Waals surface area contributed by atoms with Crippen LogP contribution in [0.3, 0.4) is 0 Å². The Hall–Kier alpha value is -3.18. The quantitative estimate of drug-likeness (QED) is 0.609. The zero-order valence-electron chi connectivity index (χ0n) is 14.3. The second-order valence-electron chi connectivity index (χ2n) is 6.06. The highest BCUT2D eigenvalue weighted by Gasteiger charge is 2.10. The Morgan fingerprint density at radius 3 is 2.44 bits per heavy atom. The third-order valence-corrected chi connectivity index (χ3v) is 5.46. The zero-order valence-corrected chi connectivity index (χ0v) is 15.2. The van der Waals surface area contributed by atoms with Crippen LogP contribution in [0.1, 0.15) is 21.5 Å². The number of hydrogen-bond acceptors (Lipinski definition) is 2. The molecular formula is C22H17FN2OS. The molecule has 0 spiro atoms. The van der Waals surface area contributed by atoms with Gasteiger partial charge in [-0.2, -0.15) is 0 Å².